The number of nitrogens with zero attached hydrogens (tertiary/aromatic N) is 1. The summed E-state index contributed by atoms with van der Waals surface area (Å²) in [6.07, 6.45) is 3.89. The fourth-order valence-corrected chi connectivity index (χ4v) is 4.00. The lowest BCUT2D eigenvalue weighted by atomic mass is 10.1. The lowest BCUT2D eigenvalue weighted by Crippen LogP contribution is -2.27. The highest BCUT2D eigenvalue weighted by Gasteiger charge is 2.17. The zero-order valence-electron chi connectivity index (χ0n) is 20.9. The van der Waals surface area contributed by atoms with Crippen molar-refractivity contribution in [2.24, 2.45) is 5.73 Å². The van der Waals surface area contributed by atoms with Crippen LogP contribution in [0, 0.1) is 5.41 Å². The molecule has 0 atom stereocenters. The largest absolute Gasteiger partial charge is 0.460 e. The summed E-state index contributed by atoms with van der Waals surface area (Å²) in [6.45, 7) is 6.74. The van der Waals surface area contributed by atoms with E-state index in [1.807, 2.05) is 79.9 Å². The average Bonchev–Trinajstić information content (AvgIpc) is 3.15. The summed E-state index contributed by atoms with van der Waals surface area (Å²) in [5.74, 6) is -0.291. The number of carbonyl (C=O) groups is 2. The smallest absolute Gasteiger partial charge is 0.306 e. The third kappa shape index (κ3) is 7.70. The predicted molar refractivity (Wildman–Crippen MR) is 140 cm³/mol. The molecule has 1 aromatic heterocycles. The molecule has 7 nitrogen and oxygen atoms in total. The molecule has 0 unspecified atom stereocenters. The molecule has 4 N–H and O–H groups in total. The van der Waals surface area contributed by atoms with Gasteiger partial charge in [0.15, 0.2) is 0 Å². The molecular weight excluding hydrogens is 440 g/mol. The number of aromatic nitrogens is 1. The number of nitrogen functional groups attached to an aromatic ring is 1. The van der Waals surface area contributed by atoms with E-state index in [-0.39, 0.29) is 17.7 Å². The summed E-state index contributed by atoms with van der Waals surface area (Å²) < 4.78 is 7.33. The summed E-state index contributed by atoms with van der Waals surface area (Å²) in [7, 11) is 0. The highest BCUT2D eigenvalue weighted by atomic mass is 16.6. The SMILES string of the molecule is CC(C)(C)OC(=O)CCCCCCNC(=O)c1cc2cc(C(=N)N)ccc2n1Cc1ccccc1. The zero-order chi connectivity index (χ0) is 25.4. The molecule has 2 aromatic carbocycles. The Bertz CT molecular complexity index is 1180. The van der Waals surface area contributed by atoms with Gasteiger partial charge in [-0.15, -0.1) is 0 Å². The van der Waals surface area contributed by atoms with Gasteiger partial charge in [0, 0.05) is 36.0 Å². The van der Waals surface area contributed by atoms with Crippen molar-refractivity contribution in [1.29, 1.82) is 5.41 Å². The molecule has 3 rings (SSSR count). The second-order valence-electron chi connectivity index (χ2n) is 9.80. The van der Waals surface area contributed by atoms with Gasteiger partial charge in [0.2, 0.25) is 0 Å². The van der Waals surface area contributed by atoms with Gasteiger partial charge in [0.25, 0.3) is 5.91 Å². The average molecular weight is 477 g/mol. The topological polar surface area (TPSA) is 110 Å². The number of hydrogen-bond donors (Lipinski definition) is 3. The van der Waals surface area contributed by atoms with Crippen molar-refractivity contribution in [2.75, 3.05) is 6.54 Å². The molecule has 186 valence electrons. The number of amides is 1. The van der Waals surface area contributed by atoms with E-state index >= 15 is 0 Å². The summed E-state index contributed by atoms with van der Waals surface area (Å²) in [5, 5.41) is 11.6. The van der Waals surface area contributed by atoms with Crippen LogP contribution in [-0.4, -0.2) is 34.4 Å². The number of nitrogens with one attached hydrogen (secondary N) is 2. The maximum Gasteiger partial charge on any atom is 0.306 e. The van der Waals surface area contributed by atoms with Gasteiger partial charge in [-0.2, -0.15) is 0 Å². The number of fused-ring (bicyclic) bond motifs is 1. The minimum Gasteiger partial charge on any atom is -0.460 e. The molecule has 0 aliphatic heterocycles. The number of nitrogens with two attached hydrogens (primary N) is 1. The maximum atomic E-state index is 13.1. The molecule has 0 saturated carbocycles. The van der Waals surface area contributed by atoms with Crippen LogP contribution in [0.2, 0.25) is 0 Å². The van der Waals surface area contributed by atoms with Crippen molar-refractivity contribution in [3.8, 4) is 0 Å². The molecule has 1 amide bonds. The van der Waals surface area contributed by atoms with Crippen molar-refractivity contribution >= 4 is 28.6 Å². The first-order valence-electron chi connectivity index (χ1n) is 12.2. The Kier molecular flexibility index (Phi) is 8.68. The summed E-state index contributed by atoms with van der Waals surface area (Å²) in [5.41, 5.74) is 8.45. The lowest BCUT2D eigenvalue weighted by molar-refractivity contribution is -0.154. The highest BCUT2D eigenvalue weighted by Crippen LogP contribution is 2.23. The van der Waals surface area contributed by atoms with Crippen LogP contribution >= 0.6 is 0 Å². The summed E-state index contributed by atoms with van der Waals surface area (Å²) >= 11 is 0. The minimum atomic E-state index is -0.446. The number of hydrogen-bond acceptors (Lipinski definition) is 4. The Balaban J connectivity index is 1.59. The van der Waals surface area contributed by atoms with Crippen LogP contribution in [0.5, 0.6) is 0 Å². The second kappa shape index (κ2) is 11.7. The molecule has 0 bridgehead atoms. The second-order valence-corrected chi connectivity index (χ2v) is 9.80. The standard InChI is InChI=1S/C28H36N4O3/c1-28(2,3)35-25(33)13-9-4-5-10-16-31-27(34)24-18-22-17-21(26(29)30)14-15-23(22)32(24)19-20-11-7-6-8-12-20/h6-8,11-12,14-15,17-18H,4-5,9-10,13,16,19H2,1-3H3,(H3,29,30)(H,31,34). The van der Waals surface area contributed by atoms with E-state index < -0.39 is 5.60 Å². The van der Waals surface area contributed by atoms with E-state index in [9.17, 15) is 9.59 Å². The van der Waals surface area contributed by atoms with Gasteiger partial charge in [0.1, 0.15) is 17.1 Å². The monoisotopic (exact) mass is 476 g/mol. The minimum absolute atomic E-state index is 0.000351. The number of unbranched alkanes of at least 4 members (excludes halogenated alkanes) is 3. The fourth-order valence-electron chi connectivity index (χ4n) is 4.00. The van der Waals surface area contributed by atoms with Gasteiger partial charge in [-0.1, -0.05) is 43.2 Å². The highest BCUT2D eigenvalue weighted by molar-refractivity contribution is 6.02. The molecule has 7 heteroatoms. The third-order valence-corrected chi connectivity index (χ3v) is 5.64. The predicted octanol–water partition coefficient (Wildman–Crippen LogP) is 5.00. The number of carbonyl (C=O) groups excluding carboxylic acids is 2. The Labute approximate surface area is 207 Å². The van der Waals surface area contributed by atoms with Gasteiger partial charge >= 0.3 is 5.97 Å². The number of esters is 1. The van der Waals surface area contributed by atoms with Crippen LogP contribution in [0.4, 0.5) is 0 Å². The van der Waals surface area contributed by atoms with Crippen LogP contribution in [0.25, 0.3) is 10.9 Å². The maximum absolute atomic E-state index is 13.1. The van der Waals surface area contributed by atoms with Crippen molar-refractivity contribution in [3.05, 3.63) is 71.4 Å². The van der Waals surface area contributed by atoms with Gasteiger partial charge < -0.3 is 20.4 Å². The Morgan fingerprint density at radius 3 is 2.40 bits per heavy atom. The quantitative estimate of drug-likeness (QED) is 0.157. The molecule has 0 aliphatic rings. The van der Waals surface area contributed by atoms with Crippen LogP contribution in [0.3, 0.4) is 0 Å². The van der Waals surface area contributed by atoms with E-state index in [0.29, 0.717) is 30.8 Å². The number of amidine groups is 1. The molecule has 0 spiro atoms. The van der Waals surface area contributed by atoms with Crippen molar-refractivity contribution < 1.29 is 14.3 Å². The van der Waals surface area contributed by atoms with Crippen molar-refractivity contribution in [1.82, 2.24) is 9.88 Å². The van der Waals surface area contributed by atoms with E-state index in [1.165, 1.54) is 0 Å². The van der Waals surface area contributed by atoms with Crippen molar-refractivity contribution in [3.63, 3.8) is 0 Å². The molecule has 0 radical (unpaired) electrons. The third-order valence-electron chi connectivity index (χ3n) is 5.64. The lowest BCUT2D eigenvalue weighted by Gasteiger charge is -2.19. The first kappa shape index (κ1) is 26.0. The van der Waals surface area contributed by atoms with E-state index in [2.05, 4.69) is 5.32 Å². The first-order chi connectivity index (χ1) is 16.6. The van der Waals surface area contributed by atoms with Gasteiger partial charge in [0.05, 0.1) is 0 Å². The van der Waals surface area contributed by atoms with E-state index in [0.717, 1.165) is 42.1 Å². The number of rotatable bonds is 11. The zero-order valence-corrected chi connectivity index (χ0v) is 20.9. The van der Waals surface area contributed by atoms with Crippen LogP contribution < -0.4 is 11.1 Å². The van der Waals surface area contributed by atoms with Gasteiger partial charge in [-0.05, 0) is 63.4 Å². The Hall–Kier alpha value is -3.61. The van der Waals surface area contributed by atoms with Gasteiger partial charge in [-0.3, -0.25) is 15.0 Å². The van der Waals surface area contributed by atoms with Crippen molar-refractivity contribution in [2.45, 2.75) is 65.0 Å². The molecule has 1 heterocycles. The molecular formula is C28H36N4O3. The molecule has 35 heavy (non-hydrogen) atoms. The van der Waals surface area contributed by atoms with Crippen LogP contribution in [-0.2, 0) is 16.1 Å². The van der Waals surface area contributed by atoms with E-state index in [1.54, 1.807) is 0 Å². The van der Waals surface area contributed by atoms with Gasteiger partial charge in [-0.25, -0.2) is 0 Å². The van der Waals surface area contributed by atoms with Crippen LogP contribution in [0.1, 0.15) is 74.5 Å². The summed E-state index contributed by atoms with van der Waals surface area (Å²) in [4.78, 5) is 24.9. The number of ether oxygens (including phenoxy) is 1. The fraction of sp³-hybridized carbons (Fsp3) is 0.393. The van der Waals surface area contributed by atoms with Crippen LogP contribution in [0.15, 0.2) is 54.6 Å². The Morgan fingerprint density at radius 1 is 1.00 bits per heavy atom. The number of benzene rings is 2. The molecule has 0 saturated heterocycles. The molecule has 0 aliphatic carbocycles. The summed E-state index contributed by atoms with van der Waals surface area (Å²) in [6, 6.07) is 17.4. The Morgan fingerprint density at radius 2 is 1.71 bits per heavy atom. The molecule has 3 aromatic rings. The molecule has 0 fully saturated rings. The first-order valence-corrected chi connectivity index (χ1v) is 12.2. The van der Waals surface area contributed by atoms with E-state index in [4.69, 9.17) is 15.9 Å². The normalized spacial score (nSPS) is 11.4.